The molecule has 0 aromatic carbocycles. The number of rotatable bonds is 2. The summed E-state index contributed by atoms with van der Waals surface area (Å²) in [5.74, 6) is 0. The van der Waals surface area contributed by atoms with Gasteiger partial charge in [-0.15, -0.1) is 0 Å². The van der Waals surface area contributed by atoms with Crippen molar-refractivity contribution in [3.05, 3.63) is 0 Å². The van der Waals surface area contributed by atoms with Gasteiger partial charge in [0, 0.05) is 17.6 Å². The van der Waals surface area contributed by atoms with Crippen molar-refractivity contribution in [1.82, 2.24) is 4.90 Å². The van der Waals surface area contributed by atoms with Gasteiger partial charge in [-0.05, 0) is 46.1 Å². The monoisotopic (exact) mass is 168 g/mol. The maximum Gasteiger partial charge on any atom is 0.0239 e. The third-order valence-electron chi connectivity index (χ3n) is 3.37. The summed E-state index contributed by atoms with van der Waals surface area (Å²) in [6.45, 7) is 6.93. The van der Waals surface area contributed by atoms with E-state index >= 15 is 0 Å². The Hall–Kier alpha value is -0.0800. The van der Waals surface area contributed by atoms with Gasteiger partial charge in [-0.1, -0.05) is 0 Å². The molecule has 1 atom stereocenters. The van der Waals surface area contributed by atoms with Crippen LogP contribution in [-0.4, -0.2) is 29.1 Å². The van der Waals surface area contributed by atoms with Gasteiger partial charge in [-0.25, -0.2) is 0 Å². The molecule has 2 heteroatoms. The van der Waals surface area contributed by atoms with E-state index in [2.05, 4.69) is 18.7 Å². The standard InChI is InChI=1S/C10H20N2/c1-9(2,11)8-10-4-3-6-12(10)7-5-10/h3-8,11H2,1-2H3. The van der Waals surface area contributed by atoms with Crippen LogP contribution in [-0.2, 0) is 0 Å². The van der Waals surface area contributed by atoms with Crippen molar-refractivity contribution in [3.63, 3.8) is 0 Å². The smallest absolute Gasteiger partial charge is 0.0239 e. The van der Waals surface area contributed by atoms with E-state index in [9.17, 15) is 0 Å². The molecule has 0 aliphatic carbocycles. The number of fused-ring (bicyclic) bond motifs is 1. The zero-order valence-electron chi connectivity index (χ0n) is 8.27. The van der Waals surface area contributed by atoms with Crippen LogP contribution in [0.15, 0.2) is 0 Å². The Morgan fingerprint density at radius 2 is 2.08 bits per heavy atom. The molecule has 2 aliphatic rings. The van der Waals surface area contributed by atoms with Crippen LogP contribution in [0.25, 0.3) is 0 Å². The van der Waals surface area contributed by atoms with Crippen molar-refractivity contribution >= 4 is 0 Å². The van der Waals surface area contributed by atoms with Gasteiger partial charge >= 0.3 is 0 Å². The van der Waals surface area contributed by atoms with E-state index in [4.69, 9.17) is 5.73 Å². The molecule has 0 amide bonds. The Kier molecular flexibility index (Phi) is 1.74. The molecule has 2 saturated heterocycles. The first-order valence-electron chi connectivity index (χ1n) is 5.06. The lowest BCUT2D eigenvalue weighted by Crippen LogP contribution is -2.59. The predicted octanol–water partition coefficient (Wildman–Crippen LogP) is 1.35. The Morgan fingerprint density at radius 3 is 2.50 bits per heavy atom. The Balaban J connectivity index is 2.02. The summed E-state index contributed by atoms with van der Waals surface area (Å²) in [5.41, 5.74) is 6.61. The van der Waals surface area contributed by atoms with Crippen molar-refractivity contribution in [2.75, 3.05) is 13.1 Å². The van der Waals surface area contributed by atoms with E-state index in [1.807, 2.05) is 0 Å². The summed E-state index contributed by atoms with van der Waals surface area (Å²) in [5, 5.41) is 0. The Morgan fingerprint density at radius 1 is 1.33 bits per heavy atom. The van der Waals surface area contributed by atoms with Crippen LogP contribution in [0.4, 0.5) is 0 Å². The van der Waals surface area contributed by atoms with Gasteiger partial charge in [0.25, 0.3) is 0 Å². The van der Waals surface area contributed by atoms with Crippen LogP contribution < -0.4 is 5.73 Å². The van der Waals surface area contributed by atoms with Gasteiger partial charge in [0.2, 0.25) is 0 Å². The fourth-order valence-corrected chi connectivity index (χ4v) is 2.95. The second kappa shape index (κ2) is 2.46. The summed E-state index contributed by atoms with van der Waals surface area (Å²) in [6, 6.07) is 0. The first-order chi connectivity index (χ1) is 5.52. The number of nitrogens with two attached hydrogens (primary N) is 1. The Labute approximate surface area is 75.1 Å². The minimum absolute atomic E-state index is 0.0169. The van der Waals surface area contributed by atoms with E-state index in [1.54, 1.807) is 0 Å². The first-order valence-corrected chi connectivity index (χ1v) is 5.06. The van der Waals surface area contributed by atoms with Crippen LogP contribution in [0.3, 0.4) is 0 Å². The fraction of sp³-hybridized carbons (Fsp3) is 1.00. The minimum Gasteiger partial charge on any atom is -0.325 e. The highest BCUT2D eigenvalue weighted by atomic mass is 15.3. The molecule has 70 valence electrons. The van der Waals surface area contributed by atoms with Gasteiger partial charge in [0.15, 0.2) is 0 Å². The second-order valence-corrected chi connectivity index (χ2v) is 5.23. The molecule has 0 bridgehead atoms. The molecular weight excluding hydrogens is 148 g/mol. The average molecular weight is 168 g/mol. The third kappa shape index (κ3) is 1.27. The van der Waals surface area contributed by atoms with Crippen molar-refractivity contribution in [1.29, 1.82) is 0 Å². The maximum atomic E-state index is 6.07. The maximum absolute atomic E-state index is 6.07. The largest absolute Gasteiger partial charge is 0.325 e. The third-order valence-corrected chi connectivity index (χ3v) is 3.37. The molecule has 2 aliphatic heterocycles. The lowest BCUT2D eigenvalue weighted by atomic mass is 9.76. The summed E-state index contributed by atoms with van der Waals surface area (Å²) in [6.07, 6.45) is 5.33. The van der Waals surface area contributed by atoms with Crippen molar-refractivity contribution in [3.8, 4) is 0 Å². The van der Waals surface area contributed by atoms with Gasteiger partial charge in [0.1, 0.15) is 0 Å². The highest BCUT2D eigenvalue weighted by molar-refractivity contribution is 5.06. The SMILES string of the molecule is CC(C)(N)CC12CCCN1CC2. The van der Waals surface area contributed by atoms with E-state index in [1.165, 1.54) is 38.8 Å². The quantitative estimate of drug-likeness (QED) is 0.674. The van der Waals surface area contributed by atoms with Gasteiger partial charge in [0.05, 0.1) is 0 Å². The van der Waals surface area contributed by atoms with Gasteiger partial charge < -0.3 is 5.73 Å². The molecule has 2 rings (SSSR count). The van der Waals surface area contributed by atoms with Gasteiger partial charge in [-0.3, -0.25) is 4.90 Å². The zero-order chi connectivity index (χ0) is 8.82. The molecule has 2 heterocycles. The number of nitrogens with zero attached hydrogens (tertiary/aromatic N) is 1. The highest BCUT2D eigenvalue weighted by Gasteiger charge is 2.49. The predicted molar refractivity (Wildman–Crippen MR) is 51.0 cm³/mol. The number of hydrogen-bond donors (Lipinski definition) is 1. The van der Waals surface area contributed by atoms with Crippen molar-refractivity contribution in [2.24, 2.45) is 5.73 Å². The van der Waals surface area contributed by atoms with Crippen LogP contribution >= 0.6 is 0 Å². The lowest BCUT2D eigenvalue weighted by Gasteiger charge is -2.51. The minimum atomic E-state index is 0.0169. The van der Waals surface area contributed by atoms with Crippen LogP contribution in [0.5, 0.6) is 0 Å². The highest BCUT2D eigenvalue weighted by Crippen LogP contribution is 2.44. The average Bonchev–Trinajstić information content (AvgIpc) is 2.11. The molecule has 0 radical (unpaired) electrons. The van der Waals surface area contributed by atoms with Gasteiger partial charge in [-0.2, -0.15) is 0 Å². The van der Waals surface area contributed by atoms with Crippen molar-refractivity contribution < 1.29 is 0 Å². The lowest BCUT2D eigenvalue weighted by molar-refractivity contribution is 0.00564. The molecule has 0 saturated carbocycles. The normalized spacial score (nSPS) is 36.2. The van der Waals surface area contributed by atoms with E-state index in [0.717, 1.165) is 0 Å². The summed E-state index contributed by atoms with van der Waals surface area (Å²) in [4.78, 5) is 2.63. The molecule has 2 N–H and O–H groups in total. The summed E-state index contributed by atoms with van der Waals surface area (Å²) in [7, 11) is 0. The number of hydrogen-bond acceptors (Lipinski definition) is 2. The van der Waals surface area contributed by atoms with Crippen molar-refractivity contribution in [2.45, 2.75) is 50.6 Å². The fourth-order valence-electron chi connectivity index (χ4n) is 2.95. The molecule has 1 unspecified atom stereocenters. The molecule has 2 nitrogen and oxygen atoms in total. The molecular formula is C10H20N2. The van der Waals surface area contributed by atoms with Crippen LogP contribution in [0.1, 0.15) is 39.5 Å². The molecule has 0 aromatic rings. The van der Waals surface area contributed by atoms with Crippen LogP contribution in [0.2, 0.25) is 0 Å². The van der Waals surface area contributed by atoms with E-state index < -0.39 is 0 Å². The van der Waals surface area contributed by atoms with E-state index in [-0.39, 0.29) is 5.54 Å². The first kappa shape index (κ1) is 8.52. The molecule has 12 heavy (non-hydrogen) atoms. The molecule has 0 spiro atoms. The zero-order valence-corrected chi connectivity index (χ0v) is 8.27. The topological polar surface area (TPSA) is 29.3 Å². The molecule has 2 fully saturated rings. The Bertz CT molecular complexity index is 183. The van der Waals surface area contributed by atoms with E-state index in [0.29, 0.717) is 5.54 Å². The molecule has 0 aromatic heterocycles. The van der Waals surface area contributed by atoms with Crippen LogP contribution in [0, 0.1) is 0 Å². The summed E-state index contributed by atoms with van der Waals surface area (Å²) < 4.78 is 0. The summed E-state index contributed by atoms with van der Waals surface area (Å²) >= 11 is 0. The second-order valence-electron chi connectivity index (χ2n) is 5.23.